The number of aryl methyl sites for hydroxylation is 1. The smallest absolute Gasteiger partial charge is 0.139 e. The quantitative estimate of drug-likeness (QED) is 0.542. The van der Waals surface area contributed by atoms with Gasteiger partial charge in [0.1, 0.15) is 22.7 Å². The first-order valence-corrected chi connectivity index (χ1v) is 10.8. The second-order valence-corrected chi connectivity index (χ2v) is 8.24. The number of ether oxygens (including phenoxy) is 1. The van der Waals surface area contributed by atoms with E-state index in [1.54, 1.807) is 6.20 Å². The molecule has 0 spiro atoms. The van der Waals surface area contributed by atoms with Gasteiger partial charge in [0, 0.05) is 30.2 Å². The van der Waals surface area contributed by atoms with Gasteiger partial charge in [-0.3, -0.25) is 14.0 Å². The summed E-state index contributed by atoms with van der Waals surface area (Å²) in [5.74, 6) is 0.896. The SMILES string of the molecule is C[C@@H]1COCCN1c1cc(-c2ccc([SH2]=O)cc2)c2c(n1)c(-c1cc[nH]n1)nn2C. The number of hydrogen-bond donors (Lipinski definition) is 1. The second kappa shape index (κ2) is 7.66. The first-order chi connectivity index (χ1) is 14.7. The van der Waals surface area contributed by atoms with Crippen molar-refractivity contribution >= 4 is 28.5 Å². The van der Waals surface area contributed by atoms with Crippen LogP contribution in [-0.4, -0.2) is 55.0 Å². The average Bonchev–Trinajstić information content (AvgIpc) is 3.42. The van der Waals surface area contributed by atoms with Crippen LogP contribution in [0.15, 0.2) is 47.5 Å². The Kier molecular flexibility index (Phi) is 4.84. The largest absolute Gasteiger partial charge is 0.377 e. The van der Waals surface area contributed by atoms with E-state index in [9.17, 15) is 4.21 Å². The van der Waals surface area contributed by atoms with Crippen molar-refractivity contribution in [1.29, 1.82) is 0 Å². The summed E-state index contributed by atoms with van der Waals surface area (Å²) in [4.78, 5) is 8.11. The summed E-state index contributed by atoms with van der Waals surface area (Å²) in [6, 6.07) is 12.0. The lowest BCUT2D eigenvalue weighted by molar-refractivity contribution is 0.0986. The van der Waals surface area contributed by atoms with Gasteiger partial charge in [0.15, 0.2) is 0 Å². The summed E-state index contributed by atoms with van der Waals surface area (Å²) >= 11 is -0.464. The van der Waals surface area contributed by atoms with Crippen molar-refractivity contribution in [1.82, 2.24) is 25.0 Å². The van der Waals surface area contributed by atoms with E-state index >= 15 is 0 Å². The minimum Gasteiger partial charge on any atom is -0.377 e. The fourth-order valence-electron chi connectivity index (χ4n) is 3.98. The maximum Gasteiger partial charge on any atom is 0.139 e. The minimum atomic E-state index is -0.464. The number of hydrogen-bond acceptors (Lipinski definition) is 6. The lowest BCUT2D eigenvalue weighted by atomic mass is 10.0. The number of morpholine rings is 1. The van der Waals surface area contributed by atoms with Crippen LogP contribution in [0.25, 0.3) is 33.5 Å². The Bertz CT molecular complexity index is 1200. The fourth-order valence-corrected chi connectivity index (χ4v) is 4.28. The van der Waals surface area contributed by atoms with Gasteiger partial charge in [0.05, 0.1) is 24.8 Å². The van der Waals surface area contributed by atoms with Gasteiger partial charge in [-0.2, -0.15) is 10.2 Å². The molecule has 1 N–H and O–H groups in total. The van der Waals surface area contributed by atoms with Crippen molar-refractivity contribution in [2.45, 2.75) is 17.9 Å². The van der Waals surface area contributed by atoms with Crippen molar-refractivity contribution in [2.75, 3.05) is 24.7 Å². The van der Waals surface area contributed by atoms with Crippen LogP contribution in [0.5, 0.6) is 0 Å². The Morgan fingerprint density at radius 3 is 2.77 bits per heavy atom. The van der Waals surface area contributed by atoms with E-state index in [0.29, 0.717) is 13.2 Å². The van der Waals surface area contributed by atoms with E-state index in [2.05, 4.69) is 28.1 Å². The van der Waals surface area contributed by atoms with Crippen molar-refractivity contribution in [3.63, 3.8) is 0 Å². The van der Waals surface area contributed by atoms with Crippen LogP contribution in [0.2, 0.25) is 0 Å². The zero-order chi connectivity index (χ0) is 20.7. The molecule has 9 heteroatoms. The number of nitrogens with zero attached hydrogens (tertiary/aromatic N) is 5. The number of pyridine rings is 1. The highest BCUT2D eigenvalue weighted by atomic mass is 32.1. The fraction of sp³-hybridized carbons (Fsp3) is 0.286. The average molecular weight is 424 g/mol. The van der Waals surface area contributed by atoms with E-state index < -0.39 is 11.7 Å². The van der Waals surface area contributed by atoms with E-state index in [4.69, 9.17) is 14.8 Å². The van der Waals surface area contributed by atoms with Crippen LogP contribution in [0.1, 0.15) is 6.92 Å². The standard InChI is InChI=1S/C21H23N6O2S/c1-13-12-29-10-9-27(13)18-11-16(14-3-5-15(30-28)6-4-14)21-20(23-18)19(25-26(21)2)17-7-8-22-24-17/h3-8,11,13H,9-10,12,30H2,1-2H3,(H,22,24)/t13-/m1/s1. The predicted octanol–water partition coefficient (Wildman–Crippen LogP) is 2.29. The molecule has 0 aliphatic carbocycles. The molecule has 4 heterocycles. The van der Waals surface area contributed by atoms with Crippen LogP contribution in [0.3, 0.4) is 0 Å². The third-order valence-corrected chi connectivity index (χ3v) is 6.07. The van der Waals surface area contributed by atoms with E-state index in [1.165, 1.54) is 0 Å². The molecule has 8 nitrogen and oxygen atoms in total. The molecule has 1 atom stereocenters. The Labute approximate surface area is 177 Å². The van der Waals surface area contributed by atoms with Crippen LogP contribution < -0.4 is 4.90 Å². The number of benzene rings is 1. The Balaban J connectivity index is 1.77. The van der Waals surface area contributed by atoms with E-state index in [0.717, 1.165) is 50.8 Å². The molecule has 0 bridgehead atoms. The summed E-state index contributed by atoms with van der Waals surface area (Å²) in [7, 11) is 1.92. The van der Waals surface area contributed by atoms with Gasteiger partial charge in [0.2, 0.25) is 0 Å². The summed E-state index contributed by atoms with van der Waals surface area (Å²) in [6.07, 6.45) is 1.78. The molecular weight excluding hydrogens is 400 g/mol. The van der Waals surface area contributed by atoms with Crippen LogP contribution in [0, 0.1) is 0 Å². The monoisotopic (exact) mass is 423 g/mol. The molecule has 0 saturated carbocycles. The van der Waals surface area contributed by atoms with Gasteiger partial charge in [-0.25, -0.2) is 4.98 Å². The van der Waals surface area contributed by atoms with Crippen LogP contribution in [0.4, 0.5) is 5.82 Å². The zero-order valence-electron chi connectivity index (χ0n) is 16.8. The topological polar surface area (TPSA) is 88.9 Å². The molecule has 1 aromatic carbocycles. The molecule has 30 heavy (non-hydrogen) atoms. The molecular formula is C21H23N6O2S. The van der Waals surface area contributed by atoms with Crippen molar-refractivity contribution in [2.24, 2.45) is 7.05 Å². The molecule has 1 aliphatic rings. The number of fused-ring (bicyclic) bond motifs is 1. The summed E-state index contributed by atoms with van der Waals surface area (Å²) < 4.78 is 18.7. The normalized spacial score (nSPS) is 17.4. The molecule has 0 unspecified atom stereocenters. The highest BCUT2D eigenvalue weighted by Crippen LogP contribution is 2.36. The maximum atomic E-state index is 11.3. The molecule has 155 valence electrons. The van der Waals surface area contributed by atoms with Gasteiger partial charge in [-0.05, 0) is 48.4 Å². The lowest BCUT2D eigenvalue weighted by Gasteiger charge is -2.34. The Morgan fingerprint density at radius 1 is 1.23 bits per heavy atom. The Morgan fingerprint density at radius 2 is 2.07 bits per heavy atom. The maximum absolute atomic E-state index is 11.3. The van der Waals surface area contributed by atoms with Gasteiger partial charge in [-0.15, -0.1) is 0 Å². The predicted molar refractivity (Wildman–Crippen MR) is 118 cm³/mol. The molecule has 4 aromatic rings. The van der Waals surface area contributed by atoms with Gasteiger partial charge in [0.25, 0.3) is 0 Å². The zero-order valence-corrected chi connectivity index (χ0v) is 17.8. The van der Waals surface area contributed by atoms with Gasteiger partial charge < -0.3 is 9.64 Å². The number of aromatic amines is 1. The first kappa shape index (κ1) is 19.0. The molecule has 1 radical (unpaired) electrons. The van der Waals surface area contributed by atoms with Crippen molar-refractivity contribution in [3.8, 4) is 22.5 Å². The molecule has 1 saturated heterocycles. The third kappa shape index (κ3) is 3.20. The number of H-pyrrole nitrogens is 1. The highest BCUT2D eigenvalue weighted by molar-refractivity contribution is 7.65. The van der Waals surface area contributed by atoms with Gasteiger partial charge >= 0.3 is 0 Å². The van der Waals surface area contributed by atoms with E-state index in [-0.39, 0.29) is 6.04 Å². The summed E-state index contributed by atoms with van der Waals surface area (Å²) in [6.45, 7) is 4.28. The van der Waals surface area contributed by atoms with Crippen molar-refractivity contribution in [3.05, 3.63) is 42.6 Å². The molecule has 1 fully saturated rings. The van der Waals surface area contributed by atoms with Crippen LogP contribution >= 0.6 is 0 Å². The number of aromatic nitrogens is 5. The first-order valence-electron chi connectivity index (χ1n) is 9.86. The molecule has 3 aromatic heterocycles. The molecule has 1 aliphatic heterocycles. The van der Waals surface area contributed by atoms with E-state index in [1.807, 2.05) is 42.1 Å². The van der Waals surface area contributed by atoms with Crippen LogP contribution in [-0.2, 0) is 23.5 Å². The Hall–Kier alpha value is -3.04. The summed E-state index contributed by atoms with van der Waals surface area (Å²) in [5.41, 5.74) is 5.32. The second-order valence-electron chi connectivity index (χ2n) is 7.45. The number of rotatable bonds is 4. The minimum absolute atomic E-state index is 0.228. The molecule has 5 rings (SSSR count). The third-order valence-electron chi connectivity index (χ3n) is 5.50. The number of anilines is 1. The summed E-state index contributed by atoms with van der Waals surface area (Å²) in [5, 5.41) is 11.9. The number of nitrogens with one attached hydrogen (secondary N) is 1. The van der Waals surface area contributed by atoms with Gasteiger partial charge in [-0.1, -0.05) is 12.1 Å². The van der Waals surface area contributed by atoms with Crippen molar-refractivity contribution < 1.29 is 8.95 Å². The lowest BCUT2D eigenvalue weighted by Crippen LogP contribution is -2.44. The highest BCUT2D eigenvalue weighted by Gasteiger charge is 2.25. The molecule has 0 amide bonds.